The van der Waals surface area contributed by atoms with Crippen molar-refractivity contribution >= 4 is 23.6 Å². The summed E-state index contributed by atoms with van der Waals surface area (Å²) in [5.41, 5.74) is 5.57. The second-order valence-corrected chi connectivity index (χ2v) is 5.03. The van der Waals surface area contributed by atoms with Crippen molar-refractivity contribution in [1.82, 2.24) is 4.90 Å². The van der Waals surface area contributed by atoms with E-state index in [-0.39, 0.29) is 23.4 Å². The highest BCUT2D eigenvalue weighted by molar-refractivity contribution is 8.00. The van der Waals surface area contributed by atoms with Gasteiger partial charge in [-0.1, -0.05) is 0 Å². The van der Waals surface area contributed by atoms with E-state index in [1.54, 1.807) is 16.7 Å². The molecule has 0 bridgehead atoms. The molecule has 2 fully saturated rings. The van der Waals surface area contributed by atoms with Gasteiger partial charge in [0.05, 0.1) is 17.5 Å². The van der Waals surface area contributed by atoms with Crippen molar-refractivity contribution in [3.63, 3.8) is 0 Å². The predicted octanol–water partition coefficient (Wildman–Crippen LogP) is 0.144. The highest BCUT2D eigenvalue weighted by atomic mass is 32.2. The molecule has 10 heteroatoms. The van der Waals surface area contributed by atoms with E-state index in [0.717, 1.165) is 5.75 Å². The van der Waals surface area contributed by atoms with Crippen molar-refractivity contribution in [2.75, 3.05) is 5.75 Å². The molecule has 0 aliphatic carbocycles. The standard InChI is InChI=1S/C7H9N3OS.C2HF3O2/c8-2-4-3-12-6-1-5(9)7(11)10(4)6;3-2(4,5)1(6)7/h4-6H,1,3,9H2;(H,6,7). The number of nitrogens with zero attached hydrogens (tertiary/aromatic N) is 2. The quantitative estimate of drug-likeness (QED) is 0.658. The van der Waals surface area contributed by atoms with Crippen molar-refractivity contribution < 1.29 is 27.9 Å². The molecule has 6 nitrogen and oxygen atoms in total. The minimum atomic E-state index is -5.08. The summed E-state index contributed by atoms with van der Waals surface area (Å²) in [7, 11) is 0. The van der Waals surface area contributed by atoms with Crippen LogP contribution in [-0.4, -0.2) is 51.3 Å². The lowest BCUT2D eigenvalue weighted by molar-refractivity contribution is -0.192. The molecule has 0 aromatic rings. The average Bonchev–Trinajstić information content (AvgIpc) is 2.80. The van der Waals surface area contributed by atoms with E-state index in [9.17, 15) is 18.0 Å². The Kier molecular flexibility index (Phi) is 4.65. The van der Waals surface area contributed by atoms with Gasteiger partial charge in [-0.05, 0) is 0 Å². The molecule has 2 heterocycles. The van der Waals surface area contributed by atoms with Gasteiger partial charge < -0.3 is 15.7 Å². The Morgan fingerprint density at radius 1 is 1.58 bits per heavy atom. The summed E-state index contributed by atoms with van der Waals surface area (Å²) >= 11 is 1.66. The zero-order chi connectivity index (χ0) is 14.8. The van der Waals surface area contributed by atoms with E-state index in [1.165, 1.54) is 0 Å². The number of carbonyl (C=O) groups excluding carboxylic acids is 1. The number of hydrogen-bond acceptors (Lipinski definition) is 5. The number of halogens is 3. The molecule has 0 radical (unpaired) electrons. The number of amides is 1. The van der Waals surface area contributed by atoms with Crippen LogP contribution < -0.4 is 5.73 Å². The molecule has 0 aromatic heterocycles. The number of carbonyl (C=O) groups is 2. The predicted molar refractivity (Wildman–Crippen MR) is 58.8 cm³/mol. The molecule has 2 aliphatic rings. The second-order valence-electron chi connectivity index (χ2n) is 3.82. The molecule has 0 saturated carbocycles. The van der Waals surface area contributed by atoms with Gasteiger partial charge in [0.15, 0.2) is 0 Å². The van der Waals surface area contributed by atoms with Crippen LogP contribution >= 0.6 is 11.8 Å². The molecule has 0 aromatic carbocycles. The van der Waals surface area contributed by atoms with Gasteiger partial charge in [-0.3, -0.25) is 4.79 Å². The first-order valence-electron chi connectivity index (χ1n) is 5.07. The molecular formula is C9H10F3N3O3S. The Morgan fingerprint density at radius 2 is 2.11 bits per heavy atom. The molecule has 3 N–H and O–H groups in total. The zero-order valence-electron chi connectivity index (χ0n) is 9.42. The second kappa shape index (κ2) is 5.66. The maximum absolute atomic E-state index is 11.4. The molecule has 2 rings (SSSR count). The van der Waals surface area contributed by atoms with Gasteiger partial charge in [-0.15, -0.1) is 11.8 Å². The van der Waals surface area contributed by atoms with Crippen molar-refractivity contribution in [1.29, 1.82) is 5.26 Å². The molecule has 1 amide bonds. The fraction of sp³-hybridized carbons (Fsp3) is 0.667. The fourth-order valence-electron chi connectivity index (χ4n) is 1.65. The lowest BCUT2D eigenvalue weighted by Crippen LogP contribution is -2.39. The number of fused-ring (bicyclic) bond motifs is 1. The Morgan fingerprint density at radius 3 is 2.53 bits per heavy atom. The van der Waals surface area contributed by atoms with Crippen LogP contribution in [0.3, 0.4) is 0 Å². The smallest absolute Gasteiger partial charge is 0.475 e. The Balaban J connectivity index is 0.000000224. The number of alkyl halides is 3. The number of aliphatic carboxylic acids is 1. The number of thioether (sulfide) groups is 1. The van der Waals surface area contributed by atoms with E-state index in [2.05, 4.69) is 6.07 Å². The van der Waals surface area contributed by atoms with Crippen LogP contribution in [0.1, 0.15) is 6.42 Å². The summed E-state index contributed by atoms with van der Waals surface area (Å²) in [4.78, 5) is 21.9. The molecular weight excluding hydrogens is 287 g/mol. The molecule has 106 valence electrons. The van der Waals surface area contributed by atoms with Gasteiger partial charge in [0.1, 0.15) is 6.04 Å². The van der Waals surface area contributed by atoms with E-state index < -0.39 is 12.1 Å². The van der Waals surface area contributed by atoms with Gasteiger partial charge in [0, 0.05) is 12.2 Å². The Hall–Kier alpha value is -1.47. The third kappa shape index (κ3) is 3.51. The zero-order valence-corrected chi connectivity index (χ0v) is 10.2. The molecule has 3 atom stereocenters. The monoisotopic (exact) mass is 297 g/mol. The first-order chi connectivity index (χ1) is 8.68. The van der Waals surface area contributed by atoms with E-state index in [0.29, 0.717) is 6.42 Å². The Labute approximate surface area is 110 Å². The van der Waals surface area contributed by atoms with Crippen molar-refractivity contribution in [3.8, 4) is 6.07 Å². The lowest BCUT2D eigenvalue weighted by atomic mass is 10.3. The third-order valence-corrected chi connectivity index (χ3v) is 3.82. The molecule has 3 unspecified atom stereocenters. The van der Waals surface area contributed by atoms with Crippen LogP contribution in [0.4, 0.5) is 13.2 Å². The highest BCUT2D eigenvalue weighted by Gasteiger charge is 2.46. The van der Waals surface area contributed by atoms with Crippen LogP contribution in [-0.2, 0) is 9.59 Å². The van der Waals surface area contributed by atoms with Gasteiger partial charge in [0.25, 0.3) is 0 Å². The lowest BCUT2D eigenvalue weighted by Gasteiger charge is -2.17. The topological polar surface area (TPSA) is 107 Å². The molecule has 0 spiro atoms. The van der Waals surface area contributed by atoms with Crippen LogP contribution in [0.15, 0.2) is 0 Å². The Bertz CT molecular complexity index is 423. The summed E-state index contributed by atoms with van der Waals surface area (Å²) in [6.45, 7) is 0. The fourth-order valence-corrected chi connectivity index (χ4v) is 3.04. The maximum Gasteiger partial charge on any atom is 0.490 e. The van der Waals surface area contributed by atoms with Gasteiger partial charge in [-0.2, -0.15) is 18.4 Å². The summed E-state index contributed by atoms with van der Waals surface area (Å²) in [5.74, 6) is -2.08. The number of hydrogen-bond donors (Lipinski definition) is 2. The number of carboxylic acids is 1. The average molecular weight is 297 g/mol. The summed E-state index contributed by atoms with van der Waals surface area (Å²) in [5, 5.41) is 16.0. The maximum atomic E-state index is 11.4. The molecule has 19 heavy (non-hydrogen) atoms. The number of nitriles is 1. The van der Waals surface area contributed by atoms with Gasteiger partial charge in [0.2, 0.25) is 5.91 Å². The summed E-state index contributed by atoms with van der Waals surface area (Å²) in [6.07, 6.45) is -4.39. The van der Waals surface area contributed by atoms with Crippen LogP contribution in [0.2, 0.25) is 0 Å². The number of rotatable bonds is 0. The number of nitrogens with two attached hydrogens (primary N) is 1. The first-order valence-corrected chi connectivity index (χ1v) is 6.12. The van der Waals surface area contributed by atoms with Crippen LogP contribution in [0.5, 0.6) is 0 Å². The normalized spacial score (nSPS) is 29.3. The van der Waals surface area contributed by atoms with Crippen LogP contribution in [0.25, 0.3) is 0 Å². The first kappa shape index (κ1) is 15.6. The SMILES string of the molecule is N#CC1CSC2CC(N)C(=O)N12.O=C(O)C(F)(F)F. The van der Waals surface area contributed by atoms with E-state index in [1.807, 2.05) is 0 Å². The minimum absolute atomic E-state index is 0.0587. The minimum Gasteiger partial charge on any atom is -0.475 e. The van der Waals surface area contributed by atoms with Crippen molar-refractivity contribution in [3.05, 3.63) is 0 Å². The van der Waals surface area contributed by atoms with Crippen molar-refractivity contribution in [2.24, 2.45) is 5.73 Å². The van der Waals surface area contributed by atoms with Gasteiger partial charge >= 0.3 is 12.1 Å². The molecule has 2 aliphatic heterocycles. The van der Waals surface area contributed by atoms with Gasteiger partial charge in [-0.25, -0.2) is 4.79 Å². The van der Waals surface area contributed by atoms with E-state index in [4.69, 9.17) is 20.9 Å². The van der Waals surface area contributed by atoms with Crippen LogP contribution in [0, 0.1) is 11.3 Å². The summed E-state index contributed by atoms with van der Waals surface area (Å²) < 4.78 is 31.7. The summed E-state index contributed by atoms with van der Waals surface area (Å²) in [6, 6.07) is 1.49. The van der Waals surface area contributed by atoms with E-state index >= 15 is 0 Å². The number of carboxylic acid groups (broad SMARTS) is 1. The largest absolute Gasteiger partial charge is 0.490 e. The highest BCUT2D eigenvalue weighted by Crippen LogP contribution is 2.36. The van der Waals surface area contributed by atoms with Crippen molar-refractivity contribution in [2.45, 2.75) is 30.1 Å². The third-order valence-electron chi connectivity index (χ3n) is 2.51. The molecule has 2 saturated heterocycles.